The Labute approximate surface area is 297 Å². The zero-order valence-electron chi connectivity index (χ0n) is 27.7. The third-order valence-corrected chi connectivity index (χ3v) is 9.13. The summed E-state index contributed by atoms with van der Waals surface area (Å²) in [7, 11) is 4.49. The van der Waals surface area contributed by atoms with Crippen LogP contribution in [0.1, 0.15) is 69.1 Å². The molecule has 13 heteroatoms. The molecule has 11 nitrogen and oxygen atoms in total. The molecule has 0 bridgehead atoms. The molecule has 2 aliphatic rings. The summed E-state index contributed by atoms with van der Waals surface area (Å²) in [5.41, 5.74) is 4.20. The third-order valence-electron chi connectivity index (χ3n) is 9.13. The summed E-state index contributed by atoms with van der Waals surface area (Å²) in [6.07, 6.45) is -8.03. The Morgan fingerprint density at radius 3 is 1.98 bits per heavy atom. The Bertz CT molecular complexity index is 1240. The summed E-state index contributed by atoms with van der Waals surface area (Å²) in [5.74, 6) is -0.100. The standard InChI is InChI=1S/C35H50NO10.ClH.Pd/c1-19(2)25-6-5-7-26(20(3)4)29(25)36-16-21-8-10-24(11-9-21)44-12-13-45-27-15-23(18-38)35(34(43)31(27)40)46-28-14-22(17-37)30(39)33(42)32(28)41;;/h5-8,10-11,16,19-20,22-23,27-28,30-35,37-43H,12-15,17-18H2,1-4H3;1H;/q-1;;+2/p-1/t22?,23?,27-,28-,30+,31?,32?,33-,34+,35+;;/m0../s1. The van der Waals surface area contributed by atoms with E-state index in [4.69, 9.17) is 19.2 Å². The molecule has 2 aromatic rings. The van der Waals surface area contributed by atoms with Crippen LogP contribution in [0.2, 0.25) is 0 Å². The molecule has 0 aliphatic heterocycles. The summed E-state index contributed by atoms with van der Waals surface area (Å²) < 4.78 is 17.5. The van der Waals surface area contributed by atoms with Crippen molar-refractivity contribution in [2.75, 3.05) is 26.4 Å². The maximum atomic E-state index is 10.9. The molecule has 4 rings (SSSR count). The normalized spacial score (nSPS) is 30.8. The van der Waals surface area contributed by atoms with Crippen molar-refractivity contribution in [2.24, 2.45) is 16.8 Å². The van der Waals surface area contributed by atoms with Gasteiger partial charge in [0.2, 0.25) is 0 Å². The Balaban J connectivity index is 0.00000307. The first-order valence-corrected chi connectivity index (χ1v) is 18.3. The van der Waals surface area contributed by atoms with Gasteiger partial charge in [-0.1, -0.05) is 45.9 Å². The van der Waals surface area contributed by atoms with Crippen LogP contribution in [-0.2, 0) is 27.7 Å². The van der Waals surface area contributed by atoms with Gasteiger partial charge >= 0.3 is 27.7 Å². The molecule has 272 valence electrons. The number of benzene rings is 2. The van der Waals surface area contributed by atoms with Gasteiger partial charge in [-0.15, -0.1) is 29.8 Å². The van der Waals surface area contributed by atoms with Crippen LogP contribution in [0.3, 0.4) is 0 Å². The molecule has 0 saturated heterocycles. The predicted octanol–water partition coefficient (Wildman–Crippen LogP) is 2.52. The Kier molecular flexibility index (Phi) is 16.9. The molecular formula is C35H50ClNO10Pd. The van der Waals surface area contributed by atoms with E-state index >= 15 is 0 Å². The summed E-state index contributed by atoms with van der Waals surface area (Å²) in [6, 6.07) is 14.9. The number of nitrogens with zero attached hydrogens (tertiary/aromatic N) is 1. The van der Waals surface area contributed by atoms with Crippen LogP contribution >= 0.6 is 9.53 Å². The molecule has 2 saturated carbocycles. The first kappa shape index (κ1) is 40.9. The fraction of sp³-hybridized carbons (Fsp3) is 0.629. The average Bonchev–Trinajstić information content (AvgIpc) is 3.09. The summed E-state index contributed by atoms with van der Waals surface area (Å²) in [5, 5.41) is 71.9. The second-order valence-corrected chi connectivity index (χ2v) is 13.0. The number of halogens is 1. The van der Waals surface area contributed by atoms with E-state index in [2.05, 4.69) is 79.7 Å². The summed E-state index contributed by atoms with van der Waals surface area (Å²) in [4.78, 5) is 4.83. The van der Waals surface area contributed by atoms with Gasteiger partial charge < -0.3 is 54.9 Å². The van der Waals surface area contributed by atoms with E-state index in [1.165, 1.54) is 11.1 Å². The molecule has 2 fully saturated rings. The van der Waals surface area contributed by atoms with E-state index in [1.807, 2.05) is 12.1 Å². The summed E-state index contributed by atoms with van der Waals surface area (Å²) in [6.45, 7) is 8.10. The molecule has 0 radical (unpaired) electrons. The topological polar surface area (TPSA) is 182 Å². The van der Waals surface area contributed by atoms with Gasteiger partial charge in [-0.05, 0) is 42.0 Å². The van der Waals surface area contributed by atoms with Crippen molar-refractivity contribution in [3.8, 4) is 5.75 Å². The molecule has 7 N–H and O–H groups in total. The SMILES string of the molecule is CC(C)c1cccc(C(C)C)c1N=Cc1[c-]cc(OCCO[C@H]2CC(CO)[C@@H](O[C@H]3CC(CO)[C@@H](O)[C@H](O)C3O)[C@H](O)C2O)cc1.[Cl][Pd+]. The van der Waals surface area contributed by atoms with Crippen LogP contribution in [-0.4, -0.2) is 117 Å². The minimum absolute atomic E-state index is 0.0288. The van der Waals surface area contributed by atoms with E-state index in [1.54, 1.807) is 12.3 Å². The van der Waals surface area contributed by atoms with Crippen molar-refractivity contribution in [3.63, 3.8) is 0 Å². The molecule has 0 aromatic heterocycles. The molecule has 0 amide bonds. The zero-order chi connectivity index (χ0) is 35.5. The van der Waals surface area contributed by atoms with Gasteiger partial charge in [-0.25, -0.2) is 0 Å². The van der Waals surface area contributed by atoms with Gasteiger partial charge in [-0.2, -0.15) is 0 Å². The zero-order valence-corrected chi connectivity index (χ0v) is 30.0. The third kappa shape index (κ3) is 10.3. The molecule has 48 heavy (non-hydrogen) atoms. The number of para-hydroxylation sites is 1. The number of aliphatic hydroxyl groups is 7. The fourth-order valence-electron chi connectivity index (χ4n) is 6.35. The van der Waals surface area contributed by atoms with E-state index in [0.29, 0.717) is 17.6 Å². The van der Waals surface area contributed by atoms with Crippen molar-refractivity contribution in [2.45, 2.75) is 101 Å². The second kappa shape index (κ2) is 19.8. The van der Waals surface area contributed by atoms with Crippen LogP contribution < -0.4 is 4.74 Å². The van der Waals surface area contributed by atoms with Crippen LogP contribution in [0.5, 0.6) is 5.75 Å². The van der Waals surface area contributed by atoms with E-state index in [0.717, 1.165) is 11.3 Å². The van der Waals surface area contributed by atoms with Crippen molar-refractivity contribution in [3.05, 3.63) is 59.2 Å². The molecule has 4 unspecified atom stereocenters. The Morgan fingerprint density at radius 1 is 0.812 bits per heavy atom. The van der Waals surface area contributed by atoms with Crippen LogP contribution in [0.4, 0.5) is 5.69 Å². The van der Waals surface area contributed by atoms with Crippen molar-refractivity contribution >= 4 is 21.4 Å². The number of hydrogen-bond donors (Lipinski definition) is 7. The van der Waals surface area contributed by atoms with Gasteiger partial charge in [0.1, 0.15) is 24.4 Å². The first-order valence-electron chi connectivity index (χ1n) is 16.3. The maximum absolute atomic E-state index is 10.9. The number of ether oxygens (including phenoxy) is 3. The van der Waals surface area contributed by atoms with Crippen LogP contribution in [0.15, 0.2) is 41.4 Å². The molecule has 10 atom stereocenters. The first-order chi connectivity index (χ1) is 23.0. The molecule has 2 aromatic carbocycles. The number of hydrogen-bond acceptors (Lipinski definition) is 11. The van der Waals surface area contributed by atoms with Gasteiger partial charge in [0.15, 0.2) is 0 Å². The van der Waals surface area contributed by atoms with E-state index in [9.17, 15) is 35.7 Å². The van der Waals surface area contributed by atoms with Gasteiger partial charge in [0.25, 0.3) is 0 Å². The Hall–Kier alpha value is -1.50. The van der Waals surface area contributed by atoms with Crippen LogP contribution in [0, 0.1) is 17.9 Å². The monoisotopic (exact) mass is 785 g/mol. The van der Waals surface area contributed by atoms with Crippen LogP contribution in [0.25, 0.3) is 0 Å². The molecule has 0 spiro atoms. The van der Waals surface area contributed by atoms with Gasteiger partial charge in [0.05, 0.1) is 43.3 Å². The molecular weight excluding hydrogens is 736 g/mol. The van der Waals surface area contributed by atoms with E-state index in [-0.39, 0.29) is 32.7 Å². The second-order valence-electron chi connectivity index (χ2n) is 13.0. The molecule has 2 aliphatic carbocycles. The number of aliphatic imine (C=N–C) groups is 1. The molecule has 0 heterocycles. The number of rotatable bonds is 13. The van der Waals surface area contributed by atoms with Crippen molar-refractivity contribution in [1.82, 2.24) is 0 Å². The average molecular weight is 787 g/mol. The van der Waals surface area contributed by atoms with Crippen molar-refractivity contribution < 1.29 is 68.1 Å². The minimum atomic E-state index is -1.54. The number of aliphatic hydroxyl groups excluding tert-OH is 7. The summed E-state index contributed by atoms with van der Waals surface area (Å²) >= 11 is 2.22. The quantitative estimate of drug-likeness (QED) is 0.0691. The fourth-order valence-corrected chi connectivity index (χ4v) is 6.35. The van der Waals surface area contributed by atoms with E-state index < -0.39 is 67.3 Å². The van der Waals surface area contributed by atoms with Gasteiger partial charge in [-0.3, -0.25) is 0 Å². The Morgan fingerprint density at radius 2 is 1.42 bits per heavy atom. The van der Waals surface area contributed by atoms with Crippen molar-refractivity contribution in [1.29, 1.82) is 0 Å². The predicted molar refractivity (Wildman–Crippen MR) is 177 cm³/mol. The van der Waals surface area contributed by atoms with Gasteiger partial charge in [0, 0.05) is 30.8 Å².